The number of aryl methyl sites for hydroxylation is 2. The molecule has 1 N–H and O–H groups in total. The van der Waals surface area contributed by atoms with E-state index in [9.17, 15) is 10.1 Å². The number of halogens is 1. The molecule has 0 aliphatic carbocycles. The lowest BCUT2D eigenvalue weighted by Gasteiger charge is -2.12. The van der Waals surface area contributed by atoms with Gasteiger partial charge in [0, 0.05) is 15.7 Å². The van der Waals surface area contributed by atoms with Crippen LogP contribution in [-0.2, 0) is 9.53 Å². The molecule has 1 amide bonds. The Hall–Kier alpha value is -3.60. The number of nitrogens with zero attached hydrogens (tertiary/aromatic N) is 1. The van der Waals surface area contributed by atoms with Crippen LogP contribution in [0.2, 0.25) is 0 Å². The van der Waals surface area contributed by atoms with E-state index in [0.717, 1.165) is 15.8 Å². The van der Waals surface area contributed by atoms with Crippen molar-refractivity contribution in [3.63, 3.8) is 0 Å². The van der Waals surface area contributed by atoms with Crippen LogP contribution in [-0.4, -0.2) is 32.3 Å². The molecule has 0 aliphatic heterocycles. The van der Waals surface area contributed by atoms with Crippen LogP contribution in [0.4, 0.5) is 5.69 Å². The number of rotatable bonds is 11. The third-order valence-corrected chi connectivity index (χ3v) is 5.53. The second-order valence-electron chi connectivity index (χ2n) is 7.74. The van der Waals surface area contributed by atoms with Crippen molar-refractivity contribution in [3.8, 4) is 17.6 Å². The van der Waals surface area contributed by atoms with Gasteiger partial charge in [0.1, 0.15) is 36.4 Å². The monoisotopic (exact) mass is 534 g/mol. The lowest BCUT2D eigenvalue weighted by Crippen LogP contribution is -2.14. The third-order valence-electron chi connectivity index (χ3n) is 5.03. The first-order valence-electron chi connectivity index (χ1n) is 11.1. The predicted molar refractivity (Wildman–Crippen MR) is 141 cm³/mol. The SMILES string of the molecule is Cc1ccc(OCCOCCOc2ccc(Br)cc2/C=C(\C#N)C(=O)Nc2ccccc2C)cc1. The van der Waals surface area contributed by atoms with Crippen LogP contribution in [0.25, 0.3) is 6.08 Å². The Morgan fingerprint density at radius 3 is 2.40 bits per heavy atom. The Kier molecular flexibility index (Phi) is 9.91. The zero-order chi connectivity index (χ0) is 25.0. The number of carbonyl (C=O) groups is 1. The largest absolute Gasteiger partial charge is 0.491 e. The van der Waals surface area contributed by atoms with Gasteiger partial charge in [0.25, 0.3) is 5.91 Å². The van der Waals surface area contributed by atoms with E-state index >= 15 is 0 Å². The average Bonchev–Trinajstić information content (AvgIpc) is 2.85. The Morgan fingerprint density at radius 1 is 0.971 bits per heavy atom. The smallest absolute Gasteiger partial charge is 0.266 e. The quantitative estimate of drug-likeness (QED) is 0.183. The number of hydrogen-bond acceptors (Lipinski definition) is 5. The van der Waals surface area contributed by atoms with Gasteiger partial charge in [-0.15, -0.1) is 0 Å². The Labute approximate surface area is 214 Å². The molecule has 0 radical (unpaired) electrons. The van der Waals surface area contributed by atoms with E-state index in [2.05, 4.69) is 21.2 Å². The molecular formula is C28H27BrN2O4. The second-order valence-corrected chi connectivity index (χ2v) is 8.66. The number of para-hydroxylation sites is 1. The van der Waals surface area contributed by atoms with Crippen LogP contribution in [0.1, 0.15) is 16.7 Å². The van der Waals surface area contributed by atoms with Gasteiger partial charge in [0.05, 0.1) is 13.2 Å². The van der Waals surface area contributed by atoms with Crippen molar-refractivity contribution in [2.24, 2.45) is 0 Å². The van der Waals surface area contributed by atoms with E-state index in [1.54, 1.807) is 18.2 Å². The molecule has 0 spiro atoms. The number of hydrogen-bond donors (Lipinski definition) is 1. The maximum absolute atomic E-state index is 12.7. The molecule has 0 aromatic heterocycles. The molecule has 0 aliphatic rings. The minimum atomic E-state index is -0.482. The number of carbonyl (C=O) groups excluding carboxylic acids is 1. The first kappa shape index (κ1) is 26.0. The summed E-state index contributed by atoms with van der Waals surface area (Å²) in [7, 11) is 0. The van der Waals surface area contributed by atoms with Gasteiger partial charge >= 0.3 is 0 Å². The molecule has 0 saturated carbocycles. The molecule has 0 bridgehead atoms. The normalized spacial score (nSPS) is 11.0. The minimum absolute atomic E-state index is 0.0271. The zero-order valence-corrected chi connectivity index (χ0v) is 21.3. The van der Waals surface area contributed by atoms with E-state index < -0.39 is 5.91 Å². The average molecular weight is 535 g/mol. The van der Waals surface area contributed by atoms with Crippen LogP contribution >= 0.6 is 15.9 Å². The molecule has 180 valence electrons. The van der Waals surface area contributed by atoms with Crippen LogP contribution in [0.15, 0.2) is 76.8 Å². The summed E-state index contributed by atoms with van der Waals surface area (Å²) in [5.74, 6) is 0.871. The second kappa shape index (κ2) is 13.3. The van der Waals surface area contributed by atoms with Crippen LogP contribution < -0.4 is 14.8 Å². The van der Waals surface area contributed by atoms with Crippen LogP contribution in [0.5, 0.6) is 11.5 Å². The molecule has 0 saturated heterocycles. The topological polar surface area (TPSA) is 80.6 Å². The molecule has 0 fully saturated rings. The first-order chi connectivity index (χ1) is 17.0. The van der Waals surface area contributed by atoms with Crippen LogP contribution in [0, 0.1) is 25.2 Å². The van der Waals surface area contributed by atoms with Crippen molar-refractivity contribution >= 4 is 33.6 Å². The highest BCUT2D eigenvalue weighted by atomic mass is 79.9. The fraction of sp³-hybridized carbons (Fsp3) is 0.214. The lowest BCUT2D eigenvalue weighted by molar-refractivity contribution is -0.112. The van der Waals surface area contributed by atoms with Crippen molar-refractivity contribution in [2.45, 2.75) is 13.8 Å². The molecule has 7 heteroatoms. The lowest BCUT2D eigenvalue weighted by atomic mass is 10.1. The summed E-state index contributed by atoms with van der Waals surface area (Å²) >= 11 is 3.44. The van der Waals surface area contributed by atoms with Crippen molar-refractivity contribution < 1.29 is 19.0 Å². The molecular weight excluding hydrogens is 508 g/mol. The molecule has 3 aromatic carbocycles. The van der Waals surface area contributed by atoms with Gasteiger partial charge in [0.15, 0.2) is 0 Å². The van der Waals surface area contributed by atoms with Gasteiger partial charge in [-0.2, -0.15) is 5.26 Å². The van der Waals surface area contributed by atoms with Crippen molar-refractivity contribution in [2.75, 3.05) is 31.7 Å². The number of nitrogens with one attached hydrogen (secondary N) is 1. The molecule has 3 rings (SSSR count). The van der Waals surface area contributed by atoms with Gasteiger partial charge in [-0.05, 0) is 61.9 Å². The maximum atomic E-state index is 12.7. The summed E-state index contributed by atoms with van der Waals surface area (Å²) in [6, 6.07) is 22.7. The predicted octanol–water partition coefficient (Wildman–Crippen LogP) is 6.09. The van der Waals surface area contributed by atoms with Gasteiger partial charge in [-0.1, -0.05) is 51.8 Å². The molecule has 3 aromatic rings. The summed E-state index contributed by atoms with van der Waals surface area (Å²) in [4.78, 5) is 12.7. The number of nitriles is 1. The molecule has 0 unspecified atom stereocenters. The molecule has 0 atom stereocenters. The standard InChI is InChI=1S/C28H27BrN2O4/c1-20-7-10-25(11-8-20)34-15-13-33-14-16-35-27-12-9-24(29)18-22(27)17-23(19-30)28(32)31-26-6-4-3-5-21(26)2/h3-12,17-18H,13-16H2,1-2H3,(H,31,32)/b23-17+. The van der Waals surface area contributed by atoms with E-state index in [1.807, 2.05) is 68.4 Å². The van der Waals surface area contributed by atoms with E-state index in [-0.39, 0.29) is 5.57 Å². The van der Waals surface area contributed by atoms with E-state index in [0.29, 0.717) is 43.4 Å². The highest BCUT2D eigenvalue weighted by Crippen LogP contribution is 2.26. The third kappa shape index (κ3) is 8.29. The van der Waals surface area contributed by atoms with E-state index in [1.165, 1.54) is 11.6 Å². The number of benzene rings is 3. The van der Waals surface area contributed by atoms with Crippen molar-refractivity contribution in [1.29, 1.82) is 5.26 Å². The molecule has 0 heterocycles. The summed E-state index contributed by atoms with van der Waals surface area (Å²) in [6.07, 6.45) is 1.52. The van der Waals surface area contributed by atoms with Gasteiger partial charge in [-0.25, -0.2) is 0 Å². The van der Waals surface area contributed by atoms with Crippen LogP contribution in [0.3, 0.4) is 0 Å². The summed E-state index contributed by atoms with van der Waals surface area (Å²) < 4.78 is 17.9. The first-order valence-corrected chi connectivity index (χ1v) is 11.9. The Bertz CT molecular complexity index is 1220. The fourth-order valence-electron chi connectivity index (χ4n) is 3.14. The summed E-state index contributed by atoms with van der Waals surface area (Å²) in [5, 5.41) is 12.4. The van der Waals surface area contributed by atoms with Crippen molar-refractivity contribution in [1.82, 2.24) is 0 Å². The summed E-state index contributed by atoms with van der Waals surface area (Å²) in [6.45, 7) is 5.47. The minimum Gasteiger partial charge on any atom is -0.491 e. The summed E-state index contributed by atoms with van der Waals surface area (Å²) in [5.41, 5.74) is 3.34. The molecule has 6 nitrogen and oxygen atoms in total. The number of anilines is 1. The Morgan fingerprint density at radius 2 is 1.69 bits per heavy atom. The molecule has 35 heavy (non-hydrogen) atoms. The fourth-order valence-corrected chi connectivity index (χ4v) is 3.51. The highest BCUT2D eigenvalue weighted by molar-refractivity contribution is 9.10. The van der Waals surface area contributed by atoms with Gasteiger partial charge < -0.3 is 19.5 Å². The number of ether oxygens (including phenoxy) is 3. The van der Waals surface area contributed by atoms with Gasteiger partial charge in [0.2, 0.25) is 0 Å². The zero-order valence-electron chi connectivity index (χ0n) is 19.7. The van der Waals surface area contributed by atoms with Gasteiger partial charge in [-0.3, -0.25) is 4.79 Å². The maximum Gasteiger partial charge on any atom is 0.266 e. The highest BCUT2D eigenvalue weighted by Gasteiger charge is 2.13. The number of amides is 1. The van der Waals surface area contributed by atoms with Crippen molar-refractivity contribution in [3.05, 3.63) is 93.5 Å². The Balaban J connectivity index is 1.54. The van der Waals surface area contributed by atoms with E-state index in [4.69, 9.17) is 14.2 Å².